The van der Waals surface area contributed by atoms with Gasteiger partial charge in [-0.1, -0.05) is 30.3 Å². The van der Waals surface area contributed by atoms with Gasteiger partial charge in [0.25, 0.3) is 11.6 Å². The van der Waals surface area contributed by atoms with E-state index >= 15 is 0 Å². The minimum absolute atomic E-state index is 0.133. The highest BCUT2D eigenvalue weighted by atomic mass is 16.6. The van der Waals surface area contributed by atoms with E-state index in [1.54, 1.807) is 0 Å². The normalized spacial score (nSPS) is 13.2. The van der Waals surface area contributed by atoms with Crippen molar-refractivity contribution in [2.75, 3.05) is 11.5 Å². The fourth-order valence-corrected chi connectivity index (χ4v) is 2.50. The summed E-state index contributed by atoms with van der Waals surface area (Å²) < 4.78 is 5.25. The number of nitrogens with zero attached hydrogens (tertiary/aromatic N) is 2. The summed E-state index contributed by atoms with van der Waals surface area (Å²) in [7, 11) is 0. The molecule has 1 aliphatic heterocycles. The predicted molar refractivity (Wildman–Crippen MR) is 83.2 cm³/mol. The molecule has 3 rings (SSSR count). The lowest BCUT2D eigenvalue weighted by molar-refractivity contribution is -0.385. The second-order valence-corrected chi connectivity index (χ2v) is 5.15. The fourth-order valence-electron chi connectivity index (χ4n) is 2.50. The Labute approximate surface area is 136 Å². The molecule has 0 atom stereocenters. The Balaban J connectivity index is 2.09. The molecule has 1 N–H and O–H groups in total. The van der Waals surface area contributed by atoms with Crippen LogP contribution in [0.25, 0.3) is 0 Å². The summed E-state index contributed by atoms with van der Waals surface area (Å²) in [6.07, 6.45) is 0. The highest BCUT2D eigenvalue weighted by Gasteiger charge is 2.31. The molecule has 1 aliphatic rings. The summed E-state index contributed by atoms with van der Waals surface area (Å²) >= 11 is 0. The number of benzene rings is 2. The number of fused-ring (bicyclic) bond motifs is 1. The minimum atomic E-state index is -1.43. The van der Waals surface area contributed by atoms with Gasteiger partial charge in [0.15, 0.2) is 6.61 Å². The number of rotatable bonds is 4. The van der Waals surface area contributed by atoms with Gasteiger partial charge in [-0.3, -0.25) is 14.9 Å². The molecule has 0 bridgehead atoms. The topological polar surface area (TPSA) is 110 Å². The third-order valence-electron chi connectivity index (χ3n) is 3.63. The zero-order valence-electron chi connectivity index (χ0n) is 12.3. The van der Waals surface area contributed by atoms with E-state index in [-0.39, 0.29) is 30.5 Å². The first-order valence-corrected chi connectivity index (χ1v) is 7.00. The van der Waals surface area contributed by atoms with Crippen LogP contribution in [-0.4, -0.2) is 28.5 Å². The number of hydrogen-bond acceptors (Lipinski definition) is 5. The van der Waals surface area contributed by atoms with E-state index in [0.717, 1.165) is 17.7 Å². The molecule has 0 radical (unpaired) electrons. The highest BCUT2D eigenvalue weighted by molar-refractivity contribution is 6.01. The summed E-state index contributed by atoms with van der Waals surface area (Å²) in [5.41, 5.74) is -0.0409. The maximum Gasteiger partial charge on any atom is 0.342 e. The molecule has 0 unspecified atom stereocenters. The van der Waals surface area contributed by atoms with Crippen LogP contribution < -0.4 is 9.64 Å². The number of ether oxygens (including phenoxy) is 1. The second kappa shape index (κ2) is 5.99. The molecule has 0 saturated heterocycles. The average Bonchev–Trinajstić information content (AvgIpc) is 2.57. The van der Waals surface area contributed by atoms with Gasteiger partial charge in [0.2, 0.25) is 0 Å². The number of hydrogen-bond donors (Lipinski definition) is 1. The smallest absolute Gasteiger partial charge is 0.342 e. The largest absolute Gasteiger partial charge is 0.482 e. The number of anilines is 1. The maximum absolute atomic E-state index is 12.2. The number of aromatic carboxylic acids is 1. The fraction of sp³-hybridized carbons (Fsp3) is 0.125. The first kappa shape index (κ1) is 15.5. The van der Waals surface area contributed by atoms with E-state index in [4.69, 9.17) is 9.84 Å². The monoisotopic (exact) mass is 328 g/mol. The van der Waals surface area contributed by atoms with Gasteiger partial charge in [0.1, 0.15) is 11.3 Å². The molecule has 0 aliphatic carbocycles. The zero-order chi connectivity index (χ0) is 17.3. The lowest BCUT2D eigenvalue weighted by Crippen LogP contribution is -2.38. The van der Waals surface area contributed by atoms with Gasteiger partial charge in [-0.2, -0.15) is 0 Å². The van der Waals surface area contributed by atoms with Crippen molar-refractivity contribution in [1.82, 2.24) is 0 Å². The molecule has 8 nitrogen and oxygen atoms in total. The first-order valence-electron chi connectivity index (χ1n) is 7.00. The van der Waals surface area contributed by atoms with Crippen molar-refractivity contribution in [3.63, 3.8) is 0 Å². The first-order chi connectivity index (χ1) is 11.5. The summed E-state index contributed by atoms with van der Waals surface area (Å²) in [5, 5.41) is 20.3. The Morgan fingerprint density at radius 2 is 2.00 bits per heavy atom. The summed E-state index contributed by atoms with van der Waals surface area (Å²) in [4.78, 5) is 35.1. The van der Waals surface area contributed by atoms with Crippen molar-refractivity contribution in [1.29, 1.82) is 0 Å². The van der Waals surface area contributed by atoms with Gasteiger partial charge >= 0.3 is 5.97 Å². The lowest BCUT2D eigenvalue weighted by Gasteiger charge is -2.29. The molecule has 0 fully saturated rings. The van der Waals surface area contributed by atoms with Crippen molar-refractivity contribution in [2.45, 2.75) is 6.54 Å². The van der Waals surface area contributed by atoms with Crippen molar-refractivity contribution in [3.05, 3.63) is 63.7 Å². The second-order valence-electron chi connectivity index (χ2n) is 5.15. The van der Waals surface area contributed by atoms with E-state index in [0.29, 0.717) is 0 Å². The standard InChI is InChI=1S/C16H12N2O6/c19-15-9-24-14-6-11(16(20)21)12(18(22)23)7-13(14)17(15)8-10-4-2-1-3-5-10/h1-7H,8-9H2,(H,20,21). The predicted octanol–water partition coefficient (Wildman–Crippen LogP) is 2.22. The van der Waals surface area contributed by atoms with Crippen LogP contribution in [0.2, 0.25) is 0 Å². The van der Waals surface area contributed by atoms with Crippen LogP contribution in [0.5, 0.6) is 5.75 Å². The molecule has 24 heavy (non-hydrogen) atoms. The molecule has 1 amide bonds. The number of carboxylic acids is 1. The third kappa shape index (κ3) is 2.76. The van der Waals surface area contributed by atoms with E-state index in [9.17, 15) is 19.7 Å². The molecule has 2 aromatic carbocycles. The zero-order valence-corrected chi connectivity index (χ0v) is 12.3. The van der Waals surface area contributed by atoms with Crippen LogP contribution in [0.4, 0.5) is 11.4 Å². The van der Waals surface area contributed by atoms with Gasteiger partial charge < -0.3 is 14.7 Å². The molecule has 1 heterocycles. The molecule has 0 spiro atoms. The van der Waals surface area contributed by atoms with E-state index in [1.807, 2.05) is 30.3 Å². The molecular weight excluding hydrogens is 316 g/mol. The van der Waals surface area contributed by atoms with Gasteiger partial charge in [0.05, 0.1) is 17.2 Å². The Morgan fingerprint density at radius 3 is 2.62 bits per heavy atom. The average molecular weight is 328 g/mol. The summed E-state index contributed by atoms with van der Waals surface area (Å²) in [5.74, 6) is -1.66. The summed E-state index contributed by atoms with van der Waals surface area (Å²) in [6, 6.07) is 11.3. The van der Waals surface area contributed by atoms with E-state index in [2.05, 4.69) is 0 Å². The van der Waals surface area contributed by atoms with Crippen LogP contribution in [0.15, 0.2) is 42.5 Å². The molecule has 0 aromatic heterocycles. The Hall–Kier alpha value is -3.42. The number of carboxylic acid groups (broad SMARTS) is 1. The van der Waals surface area contributed by atoms with Crippen molar-refractivity contribution >= 4 is 23.3 Å². The number of carbonyl (C=O) groups is 2. The van der Waals surface area contributed by atoms with Crippen molar-refractivity contribution < 1.29 is 24.4 Å². The Kier molecular flexibility index (Phi) is 3.87. The maximum atomic E-state index is 12.2. The minimum Gasteiger partial charge on any atom is -0.482 e. The quantitative estimate of drug-likeness (QED) is 0.680. The number of nitro groups is 1. The molecule has 122 valence electrons. The van der Waals surface area contributed by atoms with Crippen molar-refractivity contribution in [3.8, 4) is 5.75 Å². The lowest BCUT2D eigenvalue weighted by atomic mass is 10.1. The molecule has 8 heteroatoms. The Morgan fingerprint density at radius 1 is 1.29 bits per heavy atom. The van der Waals surface area contributed by atoms with Gasteiger partial charge in [-0.15, -0.1) is 0 Å². The van der Waals surface area contributed by atoms with Gasteiger partial charge in [-0.25, -0.2) is 4.79 Å². The Bertz CT molecular complexity index is 834. The van der Waals surface area contributed by atoms with Gasteiger partial charge in [-0.05, 0) is 5.56 Å². The van der Waals surface area contributed by atoms with Crippen LogP contribution in [0.1, 0.15) is 15.9 Å². The SMILES string of the molecule is O=C(O)c1cc2c(cc1[N+](=O)[O-])N(Cc1ccccc1)C(=O)CO2. The third-order valence-corrected chi connectivity index (χ3v) is 3.63. The molecular formula is C16H12N2O6. The number of carbonyl (C=O) groups excluding carboxylic acids is 1. The molecule has 0 saturated carbocycles. The van der Waals surface area contributed by atoms with Crippen LogP contribution in [0.3, 0.4) is 0 Å². The van der Waals surface area contributed by atoms with E-state index in [1.165, 1.54) is 4.90 Å². The highest BCUT2D eigenvalue weighted by Crippen LogP contribution is 2.38. The van der Waals surface area contributed by atoms with E-state index < -0.39 is 22.1 Å². The van der Waals surface area contributed by atoms with Crippen LogP contribution in [-0.2, 0) is 11.3 Å². The molecule has 2 aromatic rings. The number of amides is 1. The van der Waals surface area contributed by atoms with Gasteiger partial charge in [0, 0.05) is 12.1 Å². The number of nitro benzene ring substituents is 1. The van der Waals surface area contributed by atoms with Crippen molar-refractivity contribution in [2.24, 2.45) is 0 Å². The summed E-state index contributed by atoms with van der Waals surface area (Å²) in [6.45, 7) is -0.0453. The van der Waals surface area contributed by atoms with Crippen LogP contribution >= 0.6 is 0 Å². The van der Waals surface area contributed by atoms with Crippen LogP contribution in [0, 0.1) is 10.1 Å².